The lowest BCUT2D eigenvalue weighted by atomic mass is 10.1. The monoisotopic (exact) mass is 486 g/mol. The maximum absolute atomic E-state index is 12.3. The van der Waals surface area contributed by atoms with Crippen LogP contribution in [0, 0.1) is 23.7 Å². The standard InChI is InChI=1S/C21H12BrClN2O3S/c1-2-7-25-20(26)18(29-21(25)27)10-13-8-16(22)19(17(23)9-13)28-12-15-6-4-3-5-14(15)11-24/h1,3-6,8-10H,7,12H2/b18-10+. The van der Waals surface area contributed by atoms with Crippen LogP contribution in [0.5, 0.6) is 5.75 Å². The predicted octanol–water partition coefficient (Wildman–Crippen LogP) is 5.22. The number of imide groups is 1. The smallest absolute Gasteiger partial charge is 0.294 e. The van der Waals surface area contributed by atoms with Crippen LogP contribution in [-0.2, 0) is 11.4 Å². The van der Waals surface area contributed by atoms with Gasteiger partial charge in [0, 0.05) is 5.56 Å². The van der Waals surface area contributed by atoms with Crippen molar-refractivity contribution in [1.29, 1.82) is 5.26 Å². The van der Waals surface area contributed by atoms with E-state index in [9.17, 15) is 14.9 Å². The highest BCUT2D eigenvalue weighted by atomic mass is 79.9. The summed E-state index contributed by atoms with van der Waals surface area (Å²) in [6.07, 6.45) is 6.77. The molecular weight excluding hydrogens is 476 g/mol. The molecular formula is C21H12BrClN2O3S. The number of hydrogen-bond donors (Lipinski definition) is 0. The first-order valence-corrected chi connectivity index (χ1v) is 10.2. The third-order valence-corrected chi connectivity index (χ3v) is 5.73. The second kappa shape index (κ2) is 9.19. The van der Waals surface area contributed by atoms with E-state index in [1.807, 2.05) is 6.07 Å². The lowest BCUT2D eigenvalue weighted by molar-refractivity contribution is -0.122. The Morgan fingerprint density at radius 3 is 2.76 bits per heavy atom. The predicted molar refractivity (Wildman–Crippen MR) is 116 cm³/mol. The Morgan fingerprint density at radius 2 is 2.07 bits per heavy atom. The SMILES string of the molecule is C#CCN1C(=O)S/C(=C/c2cc(Cl)c(OCc3ccccc3C#N)c(Br)c2)C1=O. The van der Waals surface area contributed by atoms with Crippen LogP contribution in [0.3, 0.4) is 0 Å². The molecule has 29 heavy (non-hydrogen) atoms. The normalized spacial score (nSPS) is 14.8. The number of terminal acetylenes is 1. The van der Waals surface area contributed by atoms with E-state index in [-0.39, 0.29) is 18.1 Å². The van der Waals surface area contributed by atoms with Crippen molar-refractivity contribution in [1.82, 2.24) is 4.90 Å². The lowest BCUT2D eigenvalue weighted by Crippen LogP contribution is -2.28. The minimum atomic E-state index is -0.432. The Balaban J connectivity index is 1.81. The zero-order valence-corrected chi connectivity index (χ0v) is 18.0. The molecule has 2 aromatic rings. The first-order valence-electron chi connectivity index (χ1n) is 8.23. The summed E-state index contributed by atoms with van der Waals surface area (Å²) in [5, 5.41) is 9.09. The molecule has 0 spiro atoms. The van der Waals surface area contributed by atoms with E-state index < -0.39 is 11.1 Å². The third kappa shape index (κ3) is 4.65. The quantitative estimate of drug-likeness (QED) is 0.427. The number of hydrogen-bond acceptors (Lipinski definition) is 5. The van der Waals surface area contributed by atoms with E-state index in [1.165, 1.54) is 0 Å². The topological polar surface area (TPSA) is 70.4 Å². The van der Waals surface area contributed by atoms with E-state index in [0.717, 1.165) is 22.2 Å². The molecule has 2 amide bonds. The van der Waals surface area contributed by atoms with Crippen molar-refractivity contribution in [2.24, 2.45) is 0 Å². The fourth-order valence-corrected chi connectivity index (χ4v) is 4.41. The van der Waals surface area contributed by atoms with Crippen molar-refractivity contribution >= 4 is 56.5 Å². The van der Waals surface area contributed by atoms with E-state index in [1.54, 1.807) is 36.4 Å². The number of benzene rings is 2. The molecule has 1 fully saturated rings. The molecule has 0 radical (unpaired) electrons. The van der Waals surface area contributed by atoms with E-state index in [4.69, 9.17) is 22.8 Å². The first kappa shape index (κ1) is 21.0. The van der Waals surface area contributed by atoms with Crippen LogP contribution < -0.4 is 4.74 Å². The number of carbonyl (C=O) groups excluding carboxylic acids is 2. The van der Waals surface area contributed by atoms with Crippen LogP contribution in [0.1, 0.15) is 16.7 Å². The number of halogens is 2. The van der Waals surface area contributed by atoms with Crippen LogP contribution in [0.15, 0.2) is 45.8 Å². The Kier molecular flexibility index (Phi) is 6.66. The Bertz CT molecular complexity index is 1090. The largest absolute Gasteiger partial charge is 0.486 e. The van der Waals surface area contributed by atoms with Crippen LogP contribution >= 0.6 is 39.3 Å². The Morgan fingerprint density at radius 1 is 1.31 bits per heavy atom. The van der Waals surface area contributed by atoms with Gasteiger partial charge in [-0.2, -0.15) is 5.26 Å². The first-order chi connectivity index (χ1) is 13.9. The third-order valence-electron chi connectivity index (χ3n) is 3.95. The molecule has 0 N–H and O–H groups in total. The van der Waals surface area contributed by atoms with E-state index >= 15 is 0 Å². The van der Waals surface area contributed by atoms with Crippen LogP contribution in [0.2, 0.25) is 5.02 Å². The molecule has 2 aromatic carbocycles. The molecule has 0 saturated carbocycles. The minimum absolute atomic E-state index is 0.0661. The molecule has 1 aliphatic heterocycles. The summed E-state index contributed by atoms with van der Waals surface area (Å²) in [5.41, 5.74) is 1.89. The molecule has 5 nitrogen and oxygen atoms in total. The summed E-state index contributed by atoms with van der Waals surface area (Å²) in [5.74, 6) is 2.28. The fraction of sp³-hybridized carbons (Fsp3) is 0.0952. The lowest BCUT2D eigenvalue weighted by Gasteiger charge is -2.12. The molecule has 1 saturated heterocycles. The highest BCUT2D eigenvalue weighted by Crippen LogP contribution is 2.38. The number of nitriles is 1. The molecule has 1 aliphatic rings. The van der Waals surface area contributed by atoms with Crippen molar-refractivity contribution in [2.75, 3.05) is 6.54 Å². The summed E-state index contributed by atoms with van der Waals surface area (Å²) in [6, 6.07) is 12.6. The number of thioether (sulfide) groups is 1. The summed E-state index contributed by atoms with van der Waals surface area (Å²) in [4.78, 5) is 25.5. The molecule has 0 unspecified atom stereocenters. The number of ether oxygens (including phenoxy) is 1. The second-order valence-electron chi connectivity index (χ2n) is 5.84. The molecule has 0 aromatic heterocycles. The maximum Gasteiger partial charge on any atom is 0.294 e. The molecule has 1 heterocycles. The van der Waals surface area contributed by atoms with Gasteiger partial charge in [-0.05, 0) is 57.5 Å². The zero-order chi connectivity index (χ0) is 21.0. The summed E-state index contributed by atoms with van der Waals surface area (Å²) < 4.78 is 6.38. The van der Waals surface area contributed by atoms with Gasteiger partial charge in [0.2, 0.25) is 0 Å². The fourth-order valence-electron chi connectivity index (χ4n) is 2.58. The average Bonchev–Trinajstić information content (AvgIpc) is 2.95. The number of rotatable bonds is 5. The van der Waals surface area contributed by atoms with Gasteiger partial charge in [-0.1, -0.05) is 35.7 Å². The van der Waals surface area contributed by atoms with Crippen LogP contribution in [0.4, 0.5) is 4.79 Å². The molecule has 0 aliphatic carbocycles. The summed E-state index contributed by atoms with van der Waals surface area (Å²) >= 11 is 10.6. The van der Waals surface area contributed by atoms with Crippen LogP contribution in [0.25, 0.3) is 6.08 Å². The van der Waals surface area contributed by atoms with Gasteiger partial charge in [0.05, 0.1) is 32.6 Å². The molecule has 0 atom stereocenters. The van der Waals surface area contributed by atoms with Crippen molar-refractivity contribution in [3.05, 3.63) is 67.5 Å². The van der Waals surface area contributed by atoms with Gasteiger partial charge in [-0.3, -0.25) is 14.5 Å². The van der Waals surface area contributed by atoms with Gasteiger partial charge in [0.1, 0.15) is 6.61 Å². The van der Waals surface area contributed by atoms with E-state index in [0.29, 0.717) is 26.4 Å². The minimum Gasteiger partial charge on any atom is -0.486 e. The molecule has 3 rings (SSSR count). The maximum atomic E-state index is 12.3. The average molecular weight is 488 g/mol. The number of carbonyl (C=O) groups is 2. The molecule has 144 valence electrons. The van der Waals surface area contributed by atoms with Crippen molar-refractivity contribution in [3.8, 4) is 24.2 Å². The van der Waals surface area contributed by atoms with E-state index in [2.05, 4.69) is 27.9 Å². The Labute approximate surface area is 185 Å². The van der Waals surface area contributed by atoms with Gasteiger partial charge in [0.25, 0.3) is 11.1 Å². The zero-order valence-electron chi connectivity index (χ0n) is 14.8. The number of nitrogens with zero attached hydrogens (tertiary/aromatic N) is 2. The molecule has 0 bridgehead atoms. The van der Waals surface area contributed by atoms with Crippen molar-refractivity contribution in [2.45, 2.75) is 6.61 Å². The summed E-state index contributed by atoms with van der Waals surface area (Å²) in [6.45, 7) is 0.107. The second-order valence-corrected chi connectivity index (χ2v) is 8.10. The van der Waals surface area contributed by atoms with Crippen molar-refractivity contribution < 1.29 is 14.3 Å². The van der Waals surface area contributed by atoms with Gasteiger partial charge in [-0.15, -0.1) is 6.42 Å². The van der Waals surface area contributed by atoms with Gasteiger partial charge in [0.15, 0.2) is 5.75 Å². The molecule has 8 heteroatoms. The van der Waals surface area contributed by atoms with Crippen LogP contribution in [-0.4, -0.2) is 22.6 Å². The number of amides is 2. The van der Waals surface area contributed by atoms with Crippen molar-refractivity contribution in [3.63, 3.8) is 0 Å². The Hall–Kier alpha value is -2.71. The summed E-state index contributed by atoms with van der Waals surface area (Å²) in [7, 11) is 0. The van der Waals surface area contributed by atoms with Gasteiger partial charge >= 0.3 is 0 Å². The van der Waals surface area contributed by atoms with Gasteiger partial charge in [-0.25, -0.2) is 0 Å². The van der Waals surface area contributed by atoms with Gasteiger partial charge < -0.3 is 4.74 Å². The highest BCUT2D eigenvalue weighted by molar-refractivity contribution is 9.10. The highest BCUT2D eigenvalue weighted by Gasteiger charge is 2.34.